The zero-order valence-electron chi connectivity index (χ0n) is 12.9. The number of ether oxygens (including phenoxy) is 1. The molecule has 0 radical (unpaired) electrons. The molecule has 1 aromatic carbocycles. The molecule has 1 aliphatic rings. The maximum absolute atomic E-state index is 14.0. The molecule has 5 heteroatoms. The largest absolute Gasteiger partial charge is 0.497 e. The summed E-state index contributed by atoms with van der Waals surface area (Å²) in [5.74, 6) is -0.400. The summed E-state index contributed by atoms with van der Waals surface area (Å²) < 4.78 is 18.9. The number of rotatable bonds is 5. The third kappa shape index (κ3) is 3.53. The Bertz CT molecular complexity index is 507. The summed E-state index contributed by atoms with van der Waals surface area (Å²) in [5.41, 5.74) is 0.0966. The zero-order chi connectivity index (χ0) is 15.4. The fourth-order valence-electron chi connectivity index (χ4n) is 2.92. The van der Waals surface area contributed by atoms with Crippen molar-refractivity contribution in [3.63, 3.8) is 0 Å². The number of likely N-dealkylation sites (N-methyl/N-ethyl adjacent to an activating group) is 2. The van der Waals surface area contributed by atoms with E-state index in [1.165, 1.54) is 19.2 Å². The number of hydrogen-bond acceptors (Lipinski definition) is 3. The quantitative estimate of drug-likeness (QED) is 0.836. The van der Waals surface area contributed by atoms with Crippen molar-refractivity contribution < 1.29 is 13.9 Å². The van der Waals surface area contributed by atoms with Gasteiger partial charge in [-0.25, -0.2) is 4.39 Å². The molecule has 0 aromatic heterocycles. The summed E-state index contributed by atoms with van der Waals surface area (Å²) in [6, 6.07) is 4.72. The molecule has 4 nitrogen and oxygen atoms in total. The lowest BCUT2D eigenvalue weighted by Crippen LogP contribution is -2.41. The van der Waals surface area contributed by atoms with Gasteiger partial charge in [-0.05, 0) is 38.1 Å². The molecule has 0 bridgehead atoms. The van der Waals surface area contributed by atoms with E-state index in [4.69, 9.17) is 4.74 Å². The molecule has 0 N–H and O–H groups in total. The molecule has 1 atom stereocenters. The maximum atomic E-state index is 14.0. The first-order valence-electron chi connectivity index (χ1n) is 7.39. The van der Waals surface area contributed by atoms with Gasteiger partial charge >= 0.3 is 0 Å². The highest BCUT2D eigenvalue weighted by atomic mass is 19.1. The van der Waals surface area contributed by atoms with Gasteiger partial charge in [-0.1, -0.05) is 6.92 Å². The van der Waals surface area contributed by atoms with Crippen LogP contribution in [0.1, 0.15) is 30.1 Å². The lowest BCUT2D eigenvalue weighted by atomic mass is 10.1. The molecule has 1 heterocycles. The Morgan fingerprint density at radius 3 is 2.90 bits per heavy atom. The van der Waals surface area contributed by atoms with Crippen molar-refractivity contribution in [2.45, 2.75) is 25.8 Å². The van der Waals surface area contributed by atoms with Gasteiger partial charge in [-0.15, -0.1) is 0 Å². The predicted octanol–water partition coefficient (Wildman–Crippen LogP) is 2.39. The van der Waals surface area contributed by atoms with E-state index in [0.717, 1.165) is 25.9 Å². The van der Waals surface area contributed by atoms with Crippen LogP contribution in [0.5, 0.6) is 5.75 Å². The summed E-state index contributed by atoms with van der Waals surface area (Å²) in [6.45, 7) is 4.84. The van der Waals surface area contributed by atoms with Gasteiger partial charge in [-0.3, -0.25) is 9.69 Å². The van der Waals surface area contributed by atoms with Crippen LogP contribution in [0, 0.1) is 5.82 Å². The Balaban J connectivity index is 2.05. The van der Waals surface area contributed by atoms with E-state index in [-0.39, 0.29) is 11.5 Å². The monoisotopic (exact) mass is 294 g/mol. The molecule has 0 aliphatic carbocycles. The highest BCUT2D eigenvalue weighted by Crippen LogP contribution is 2.20. The smallest absolute Gasteiger partial charge is 0.256 e. The normalized spacial score (nSPS) is 18.8. The molecule has 21 heavy (non-hydrogen) atoms. The molecule has 1 saturated heterocycles. The fourth-order valence-corrected chi connectivity index (χ4v) is 2.92. The third-order valence-electron chi connectivity index (χ3n) is 4.14. The van der Waals surface area contributed by atoms with Crippen LogP contribution in [0.25, 0.3) is 0 Å². The maximum Gasteiger partial charge on any atom is 0.256 e. The number of halogens is 1. The highest BCUT2D eigenvalue weighted by Gasteiger charge is 2.26. The fraction of sp³-hybridized carbons (Fsp3) is 0.562. The van der Waals surface area contributed by atoms with Crippen molar-refractivity contribution >= 4 is 5.91 Å². The average molecular weight is 294 g/mol. The molecule has 116 valence electrons. The Labute approximate surface area is 125 Å². The first kappa shape index (κ1) is 15.8. The van der Waals surface area contributed by atoms with E-state index in [1.54, 1.807) is 18.0 Å². The second-order valence-corrected chi connectivity index (χ2v) is 5.46. The second kappa shape index (κ2) is 6.89. The number of amides is 1. The number of methoxy groups -OCH3 is 1. The van der Waals surface area contributed by atoms with E-state index in [2.05, 4.69) is 11.8 Å². The number of carbonyl (C=O) groups excluding carboxylic acids is 1. The van der Waals surface area contributed by atoms with Gasteiger partial charge in [0, 0.05) is 25.7 Å². The first-order chi connectivity index (χ1) is 10.1. The van der Waals surface area contributed by atoms with Crippen molar-refractivity contribution in [1.82, 2.24) is 9.80 Å². The van der Waals surface area contributed by atoms with Gasteiger partial charge in [0.2, 0.25) is 0 Å². The molecule has 1 unspecified atom stereocenters. The van der Waals surface area contributed by atoms with E-state index >= 15 is 0 Å². The van der Waals surface area contributed by atoms with Gasteiger partial charge in [0.25, 0.3) is 5.91 Å². The number of hydrogen-bond donors (Lipinski definition) is 0. The number of benzene rings is 1. The van der Waals surface area contributed by atoms with Gasteiger partial charge in [-0.2, -0.15) is 0 Å². The Kier molecular flexibility index (Phi) is 5.17. The Hall–Kier alpha value is -1.62. The lowest BCUT2D eigenvalue weighted by Gasteiger charge is -2.27. The van der Waals surface area contributed by atoms with Crippen molar-refractivity contribution in [2.24, 2.45) is 0 Å². The van der Waals surface area contributed by atoms with Crippen LogP contribution in [0.3, 0.4) is 0 Å². The predicted molar refractivity (Wildman–Crippen MR) is 80.2 cm³/mol. The van der Waals surface area contributed by atoms with E-state index in [0.29, 0.717) is 18.3 Å². The van der Waals surface area contributed by atoms with Crippen molar-refractivity contribution in [1.29, 1.82) is 0 Å². The second-order valence-electron chi connectivity index (χ2n) is 5.46. The van der Waals surface area contributed by atoms with Gasteiger partial charge in [0.15, 0.2) is 0 Å². The summed E-state index contributed by atoms with van der Waals surface area (Å²) in [6.07, 6.45) is 2.26. The van der Waals surface area contributed by atoms with Crippen LogP contribution in [0.15, 0.2) is 18.2 Å². The van der Waals surface area contributed by atoms with Gasteiger partial charge in [0.05, 0.1) is 12.7 Å². The Morgan fingerprint density at radius 1 is 1.52 bits per heavy atom. The van der Waals surface area contributed by atoms with E-state index < -0.39 is 5.82 Å². The van der Waals surface area contributed by atoms with Crippen molar-refractivity contribution in [3.05, 3.63) is 29.6 Å². The molecule has 0 spiro atoms. The van der Waals surface area contributed by atoms with Crippen LogP contribution in [-0.2, 0) is 0 Å². The average Bonchev–Trinajstić information content (AvgIpc) is 2.93. The van der Waals surface area contributed by atoms with E-state index in [1.807, 2.05) is 0 Å². The number of likely N-dealkylation sites (tertiary alicyclic amines) is 1. The topological polar surface area (TPSA) is 32.8 Å². The minimum Gasteiger partial charge on any atom is -0.497 e. The summed E-state index contributed by atoms with van der Waals surface area (Å²) >= 11 is 0. The molecular weight excluding hydrogens is 271 g/mol. The summed E-state index contributed by atoms with van der Waals surface area (Å²) in [4.78, 5) is 16.4. The Morgan fingerprint density at radius 2 is 2.29 bits per heavy atom. The highest BCUT2D eigenvalue weighted by molar-refractivity contribution is 5.94. The summed E-state index contributed by atoms with van der Waals surface area (Å²) in [5, 5.41) is 0. The van der Waals surface area contributed by atoms with Crippen LogP contribution in [0.4, 0.5) is 4.39 Å². The summed E-state index contributed by atoms with van der Waals surface area (Å²) in [7, 11) is 3.21. The van der Waals surface area contributed by atoms with Gasteiger partial charge in [0.1, 0.15) is 11.6 Å². The van der Waals surface area contributed by atoms with Crippen LogP contribution in [-0.4, -0.2) is 55.5 Å². The van der Waals surface area contributed by atoms with Crippen molar-refractivity contribution in [3.8, 4) is 5.75 Å². The first-order valence-corrected chi connectivity index (χ1v) is 7.39. The minimum atomic E-state index is -0.537. The molecular formula is C16H23FN2O2. The number of nitrogens with zero attached hydrogens (tertiary/aromatic N) is 2. The molecule has 1 aromatic rings. The van der Waals surface area contributed by atoms with Crippen LogP contribution < -0.4 is 4.74 Å². The molecule has 1 fully saturated rings. The molecule has 1 amide bonds. The van der Waals surface area contributed by atoms with Gasteiger partial charge < -0.3 is 9.64 Å². The standard InChI is InChI=1S/C16H23FN2O2/c1-4-19-9-5-6-12(19)11-18(2)16(20)14-8-7-13(21-3)10-15(14)17/h7-8,10,12H,4-6,9,11H2,1-3H3. The molecule has 1 aliphatic heterocycles. The van der Waals surface area contributed by atoms with Crippen molar-refractivity contribution in [2.75, 3.05) is 33.8 Å². The lowest BCUT2D eigenvalue weighted by molar-refractivity contribution is 0.0750. The molecule has 2 rings (SSSR count). The SMILES string of the molecule is CCN1CCCC1CN(C)C(=O)c1ccc(OC)cc1F. The minimum absolute atomic E-state index is 0.0966. The molecule has 0 saturated carbocycles. The van der Waals surface area contributed by atoms with Crippen LogP contribution in [0.2, 0.25) is 0 Å². The zero-order valence-corrected chi connectivity index (χ0v) is 12.9. The third-order valence-corrected chi connectivity index (χ3v) is 4.14. The number of carbonyl (C=O) groups is 1. The van der Waals surface area contributed by atoms with E-state index in [9.17, 15) is 9.18 Å². The van der Waals surface area contributed by atoms with Crippen LogP contribution >= 0.6 is 0 Å².